The molecule has 0 aromatic heterocycles. The van der Waals surface area contributed by atoms with E-state index in [1.807, 2.05) is 27.7 Å². The fraction of sp³-hybridized carbons (Fsp3) is 0.800. The minimum absolute atomic E-state index is 0. The van der Waals surface area contributed by atoms with Gasteiger partial charge < -0.3 is 25.6 Å². The van der Waals surface area contributed by atoms with Crippen molar-refractivity contribution in [1.82, 2.24) is 20.9 Å². The number of carbonyl (C=O) groups excluding carboxylic acids is 2. The first kappa shape index (κ1) is 25.0. The van der Waals surface area contributed by atoms with E-state index < -0.39 is 11.7 Å². The number of likely N-dealkylation sites (N-methyl/N-ethyl adjacent to an activating group) is 1. The number of amides is 2. The van der Waals surface area contributed by atoms with E-state index in [-0.39, 0.29) is 36.4 Å². The van der Waals surface area contributed by atoms with Gasteiger partial charge in [-0.25, -0.2) is 9.79 Å². The van der Waals surface area contributed by atoms with Gasteiger partial charge in [0, 0.05) is 33.7 Å². The highest BCUT2D eigenvalue weighted by atomic mass is 127. The molecule has 8 nitrogen and oxygen atoms in total. The van der Waals surface area contributed by atoms with Gasteiger partial charge in [-0.3, -0.25) is 4.79 Å². The molecular formula is C15H32IN5O3. The van der Waals surface area contributed by atoms with Crippen molar-refractivity contribution in [3.63, 3.8) is 0 Å². The number of alkyl carbamates (subject to hydrolysis) is 1. The van der Waals surface area contributed by atoms with E-state index in [9.17, 15) is 9.59 Å². The first-order chi connectivity index (χ1) is 10.7. The van der Waals surface area contributed by atoms with Crippen molar-refractivity contribution >= 4 is 41.9 Å². The van der Waals surface area contributed by atoms with Crippen LogP contribution in [0, 0.1) is 0 Å². The van der Waals surface area contributed by atoms with E-state index in [1.165, 1.54) is 4.90 Å². The summed E-state index contributed by atoms with van der Waals surface area (Å²) in [6.45, 7) is 9.17. The number of nitrogens with one attached hydrogen (secondary N) is 3. The molecule has 0 aliphatic rings. The van der Waals surface area contributed by atoms with Gasteiger partial charge in [-0.15, -0.1) is 24.0 Å². The number of carbonyl (C=O) groups is 2. The van der Waals surface area contributed by atoms with Crippen LogP contribution in [-0.2, 0) is 9.53 Å². The predicted molar refractivity (Wildman–Crippen MR) is 107 cm³/mol. The molecule has 0 aliphatic heterocycles. The van der Waals surface area contributed by atoms with Gasteiger partial charge in [0.05, 0.1) is 0 Å². The highest BCUT2D eigenvalue weighted by Gasteiger charge is 2.15. The molecule has 0 rings (SSSR count). The van der Waals surface area contributed by atoms with E-state index in [1.54, 1.807) is 14.1 Å². The van der Waals surface area contributed by atoms with Gasteiger partial charge in [-0.1, -0.05) is 6.92 Å². The Kier molecular flexibility index (Phi) is 13.6. The molecule has 0 heterocycles. The van der Waals surface area contributed by atoms with Crippen LogP contribution >= 0.6 is 24.0 Å². The molecule has 0 fully saturated rings. The number of ether oxygens (including phenoxy) is 1. The third-order valence-corrected chi connectivity index (χ3v) is 2.50. The van der Waals surface area contributed by atoms with E-state index in [2.05, 4.69) is 20.9 Å². The minimum Gasteiger partial charge on any atom is -0.444 e. The number of rotatable bonds is 7. The fourth-order valence-corrected chi connectivity index (χ4v) is 1.37. The Morgan fingerprint density at radius 1 is 1.04 bits per heavy atom. The number of halogens is 1. The van der Waals surface area contributed by atoms with Crippen LogP contribution in [0.3, 0.4) is 0 Å². The summed E-state index contributed by atoms with van der Waals surface area (Å²) < 4.78 is 5.14. The number of hydrogen-bond acceptors (Lipinski definition) is 4. The SMILES string of the molecule is CCCNC(=NCC(=O)N(C)C)NCCNC(=O)OC(C)(C)C.I. The van der Waals surface area contributed by atoms with Crippen LogP contribution in [0.4, 0.5) is 4.79 Å². The quantitative estimate of drug-likeness (QED) is 0.231. The number of nitrogens with zero attached hydrogens (tertiary/aromatic N) is 2. The van der Waals surface area contributed by atoms with Crippen LogP contribution < -0.4 is 16.0 Å². The summed E-state index contributed by atoms with van der Waals surface area (Å²) in [5.74, 6) is 0.475. The Bertz CT molecular complexity index is 408. The molecule has 0 unspecified atom stereocenters. The second-order valence-corrected chi connectivity index (χ2v) is 6.24. The zero-order valence-corrected chi connectivity index (χ0v) is 17.9. The first-order valence-electron chi connectivity index (χ1n) is 7.85. The van der Waals surface area contributed by atoms with Gasteiger partial charge in [0.1, 0.15) is 12.1 Å². The summed E-state index contributed by atoms with van der Waals surface area (Å²) in [5.41, 5.74) is -0.515. The minimum atomic E-state index is -0.515. The van der Waals surface area contributed by atoms with Gasteiger partial charge in [-0.05, 0) is 27.2 Å². The molecule has 0 saturated carbocycles. The Hall–Kier alpha value is -1.26. The smallest absolute Gasteiger partial charge is 0.407 e. The summed E-state index contributed by atoms with van der Waals surface area (Å²) in [6, 6.07) is 0. The molecule has 0 aromatic carbocycles. The normalized spacial score (nSPS) is 11.2. The van der Waals surface area contributed by atoms with Gasteiger partial charge in [0.15, 0.2) is 5.96 Å². The van der Waals surface area contributed by atoms with Crippen molar-refractivity contribution < 1.29 is 14.3 Å². The molecule has 0 saturated heterocycles. The van der Waals surface area contributed by atoms with Crippen molar-refractivity contribution in [2.24, 2.45) is 4.99 Å². The van der Waals surface area contributed by atoms with Gasteiger partial charge in [0.25, 0.3) is 0 Å². The second kappa shape index (κ2) is 13.1. The number of guanidine groups is 1. The zero-order valence-electron chi connectivity index (χ0n) is 15.6. The molecule has 24 heavy (non-hydrogen) atoms. The van der Waals surface area contributed by atoms with Crippen molar-refractivity contribution in [3.8, 4) is 0 Å². The van der Waals surface area contributed by atoms with Crippen LogP contribution in [-0.4, -0.2) is 68.7 Å². The molecule has 0 radical (unpaired) electrons. The largest absolute Gasteiger partial charge is 0.444 e. The van der Waals surface area contributed by atoms with E-state index >= 15 is 0 Å². The Balaban J connectivity index is 0. The van der Waals surface area contributed by atoms with Crippen molar-refractivity contribution in [1.29, 1.82) is 0 Å². The molecule has 0 aromatic rings. The topological polar surface area (TPSA) is 95.1 Å². The summed E-state index contributed by atoms with van der Waals surface area (Å²) in [6.07, 6.45) is 0.487. The van der Waals surface area contributed by atoms with Gasteiger partial charge >= 0.3 is 6.09 Å². The van der Waals surface area contributed by atoms with Crippen molar-refractivity contribution in [3.05, 3.63) is 0 Å². The average Bonchev–Trinajstić information content (AvgIpc) is 2.42. The zero-order chi connectivity index (χ0) is 17.9. The van der Waals surface area contributed by atoms with Crippen LogP contribution in [0.15, 0.2) is 4.99 Å². The Morgan fingerprint density at radius 3 is 2.08 bits per heavy atom. The number of aliphatic imine (C=N–C) groups is 1. The lowest BCUT2D eigenvalue weighted by molar-refractivity contribution is -0.127. The monoisotopic (exact) mass is 457 g/mol. The fourth-order valence-electron chi connectivity index (χ4n) is 1.37. The third kappa shape index (κ3) is 14.3. The van der Waals surface area contributed by atoms with E-state index in [4.69, 9.17) is 4.74 Å². The van der Waals surface area contributed by atoms with Crippen LogP contribution in [0.25, 0.3) is 0 Å². The molecule has 0 spiro atoms. The van der Waals surface area contributed by atoms with Crippen molar-refractivity contribution in [2.75, 3.05) is 40.3 Å². The number of hydrogen-bond donors (Lipinski definition) is 3. The maximum absolute atomic E-state index is 11.6. The van der Waals surface area contributed by atoms with Gasteiger partial charge in [-0.2, -0.15) is 0 Å². The van der Waals surface area contributed by atoms with Crippen molar-refractivity contribution in [2.45, 2.75) is 39.7 Å². The van der Waals surface area contributed by atoms with E-state index in [0.29, 0.717) is 19.0 Å². The molecule has 3 N–H and O–H groups in total. The maximum Gasteiger partial charge on any atom is 0.407 e. The summed E-state index contributed by atoms with van der Waals surface area (Å²) >= 11 is 0. The summed E-state index contributed by atoms with van der Waals surface area (Å²) in [7, 11) is 3.38. The highest BCUT2D eigenvalue weighted by Crippen LogP contribution is 2.05. The molecule has 0 bridgehead atoms. The third-order valence-electron chi connectivity index (χ3n) is 2.50. The molecule has 142 valence electrons. The highest BCUT2D eigenvalue weighted by molar-refractivity contribution is 14.0. The Morgan fingerprint density at radius 2 is 1.58 bits per heavy atom. The summed E-state index contributed by atoms with van der Waals surface area (Å²) in [5, 5.41) is 8.83. The lowest BCUT2D eigenvalue weighted by Gasteiger charge is -2.20. The van der Waals surface area contributed by atoms with E-state index in [0.717, 1.165) is 13.0 Å². The molecule has 0 atom stereocenters. The lowest BCUT2D eigenvalue weighted by atomic mass is 10.2. The maximum atomic E-state index is 11.6. The standard InChI is InChI=1S/C15H31N5O3.HI/c1-7-8-16-13(19-11-12(21)20(5)6)17-9-10-18-14(22)23-15(2,3)4;/h7-11H2,1-6H3,(H,18,22)(H2,16,17,19);1H. The van der Waals surface area contributed by atoms with Crippen LogP contribution in [0.2, 0.25) is 0 Å². The molecule has 2 amide bonds. The van der Waals surface area contributed by atoms with Crippen LogP contribution in [0.5, 0.6) is 0 Å². The molecule has 0 aliphatic carbocycles. The first-order valence-corrected chi connectivity index (χ1v) is 7.85. The lowest BCUT2D eigenvalue weighted by Crippen LogP contribution is -2.43. The molecule has 9 heteroatoms. The Labute approximate surface area is 162 Å². The average molecular weight is 457 g/mol. The van der Waals surface area contributed by atoms with Crippen LogP contribution in [0.1, 0.15) is 34.1 Å². The van der Waals surface area contributed by atoms with Gasteiger partial charge in [0.2, 0.25) is 5.91 Å². The predicted octanol–water partition coefficient (Wildman–Crippen LogP) is 1.16. The summed E-state index contributed by atoms with van der Waals surface area (Å²) in [4.78, 5) is 28.8. The second-order valence-electron chi connectivity index (χ2n) is 6.24. The molecular weight excluding hydrogens is 425 g/mol.